The summed E-state index contributed by atoms with van der Waals surface area (Å²) in [6, 6.07) is 7.62. The van der Waals surface area contributed by atoms with Crippen molar-refractivity contribution in [1.82, 2.24) is 24.0 Å². The number of hydrogen-bond acceptors (Lipinski definition) is 5. The highest BCUT2D eigenvalue weighted by molar-refractivity contribution is 5.92. The third-order valence-electron chi connectivity index (χ3n) is 6.58. The van der Waals surface area contributed by atoms with E-state index in [1.165, 1.54) is 43.1 Å². The monoisotopic (exact) mass is 419 g/mol. The van der Waals surface area contributed by atoms with E-state index in [1.807, 2.05) is 6.20 Å². The number of fused-ring (bicyclic) bond motifs is 1. The number of carbonyl (C=O) groups is 1. The van der Waals surface area contributed by atoms with Crippen molar-refractivity contribution in [3.8, 4) is 0 Å². The minimum absolute atomic E-state index is 0.131. The van der Waals surface area contributed by atoms with E-state index in [2.05, 4.69) is 23.2 Å². The third-order valence-corrected chi connectivity index (χ3v) is 6.58. The zero-order valence-corrected chi connectivity index (χ0v) is 17.7. The van der Waals surface area contributed by atoms with Crippen LogP contribution < -0.4 is 11.2 Å². The predicted molar refractivity (Wildman–Crippen MR) is 116 cm³/mol. The van der Waals surface area contributed by atoms with Crippen molar-refractivity contribution in [3.05, 3.63) is 68.3 Å². The second kappa shape index (κ2) is 7.44. The molecule has 8 heteroatoms. The molecule has 1 aliphatic carbocycles. The van der Waals surface area contributed by atoms with E-state index in [1.54, 1.807) is 4.90 Å². The smallest absolute Gasteiger partial charge is 0.331 e. The second-order valence-corrected chi connectivity index (χ2v) is 8.66. The van der Waals surface area contributed by atoms with E-state index < -0.39 is 11.2 Å². The van der Waals surface area contributed by atoms with Crippen molar-refractivity contribution in [2.24, 2.45) is 14.1 Å². The molecule has 0 aromatic carbocycles. The van der Waals surface area contributed by atoms with Crippen molar-refractivity contribution in [2.75, 3.05) is 13.1 Å². The Hall–Kier alpha value is -3.29. The van der Waals surface area contributed by atoms with Crippen LogP contribution in [0.3, 0.4) is 0 Å². The van der Waals surface area contributed by atoms with Crippen molar-refractivity contribution in [3.63, 3.8) is 0 Å². The molecule has 31 heavy (non-hydrogen) atoms. The molecule has 0 atom stereocenters. The van der Waals surface area contributed by atoms with Gasteiger partial charge in [-0.05, 0) is 55.4 Å². The number of likely N-dealkylation sites (tertiary alicyclic amines) is 1. The summed E-state index contributed by atoms with van der Waals surface area (Å²) in [4.78, 5) is 48.1. The van der Waals surface area contributed by atoms with Crippen LogP contribution in [-0.2, 0) is 14.1 Å². The number of piperidine rings is 1. The van der Waals surface area contributed by atoms with E-state index in [0.29, 0.717) is 19.0 Å². The molecular weight excluding hydrogens is 394 g/mol. The van der Waals surface area contributed by atoms with Crippen LogP contribution in [0, 0.1) is 0 Å². The van der Waals surface area contributed by atoms with Crippen molar-refractivity contribution in [1.29, 1.82) is 0 Å². The molecule has 0 N–H and O–H groups in total. The summed E-state index contributed by atoms with van der Waals surface area (Å²) in [6.45, 7) is 1.11. The van der Waals surface area contributed by atoms with Gasteiger partial charge in [-0.25, -0.2) is 14.8 Å². The summed E-state index contributed by atoms with van der Waals surface area (Å²) in [7, 11) is 2.92. The molecule has 1 aliphatic heterocycles. The topological polar surface area (TPSA) is 90.1 Å². The normalized spacial score (nSPS) is 17.3. The Bertz CT molecular complexity index is 1300. The Labute approximate surface area is 179 Å². The average Bonchev–Trinajstić information content (AvgIpc) is 3.64. The number of rotatable bonds is 3. The number of amides is 1. The molecule has 2 fully saturated rings. The first-order valence-electron chi connectivity index (χ1n) is 10.8. The van der Waals surface area contributed by atoms with Crippen LogP contribution >= 0.6 is 0 Å². The molecule has 0 bridgehead atoms. The van der Waals surface area contributed by atoms with E-state index >= 15 is 0 Å². The maximum atomic E-state index is 12.9. The van der Waals surface area contributed by atoms with Crippen LogP contribution in [0.1, 0.15) is 59.3 Å². The van der Waals surface area contributed by atoms with Gasteiger partial charge in [-0.1, -0.05) is 0 Å². The number of carbonyl (C=O) groups excluding carboxylic acids is 1. The quantitative estimate of drug-likeness (QED) is 0.647. The number of hydrogen-bond donors (Lipinski definition) is 0. The van der Waals surface area contributed by atoms with Crippen molar-refractivity contribution in [2.45, 2.75) is 37.5 Å². The molecule has 2 aliphatic rings. The Morgan fingerprint density at radius 3 is 2.42 bits per heavy atom. The molecule has 1 amide bonds. The summed E-state index contributed by atoms with van der Waals surface area (Å²) in [6.07, 6.45) is 6.02. The number of pyridine rings is 2. The van der Waals surface area contributed by atoms with Gasteiger partial charge in [-0.3, -0.25) is 18.7 Å². The molecule has 0 spiro atoms. The lowest BCUT2D eigenvalue weighted by molar-refractivity contribution is 0.0700. The molecule has 1 saturated carbocycles. The average molecular weight is 419 g/mol. The van der Waals surface area contributed by atoms with Crippen molar-refractivity contribution < 1.29 is 4.79 Å². The molecule has 0 unspecified atom stereocenters. The van der Waals surface area contributed by atoms with Gasteiger partial charge in [0.25, 0.3) is 11.5 Å². The van der Waals surface area contributed by atoms with Crippen LogP contribution in [0.4, 0.5) is 0 Å². The van der Waals surface area contributed by atoms with E-state index in [-0.39, 0.29) is 17.5 Å². The van der Waals surface area contributed by atoms with Gasteiger partial charge in [0, 0.05) is 56.4 Å². The summed E-state index contributed by atoms with van der Waals surface area (Å²) >= 11 is 0. The lowest BCUT2D eigenvalue weighted by atomic mass is 9.92. The lowest BCUT2D eigenvalue weighted by Gasteiger charge is -2.32. The van der Waals surface area contributed by atoms with Gasteiger partial charge < -0.3 is 4.90 Å². The zero-order valence-electron chi connectivity index (χ0n) is 17.7. The Kier molecular flexibility index (Phi) is 4.72. The van der Waals surface area contributed by atoms with Crippen LogP contribution in [0.15, 0.2) is 40.1 Å². The lowest BCUT2D eigenvalue weighted by Crippen LogP contribution is -2.44. The molecule has 0 radical (unpaired) electrons. The molecule has 160 valence electrons. The first-order valence-corrected chi connectivity index (χ1v) is 10.8. The highest BCUT2D eigenvalue weighted by Gasteiger charge is 2.28. The Morgan fingerprint density at radius 1 is 0.968 bits per heavy atom. The highest BCUT2D eigenvalue weighted by Crippen LogP contribution is 2.40. The molecule has 5 rings (SSSR count). The number of nitrogens with zero attached hydrogens (tertiary/aromatic N) is 5. The largest absolute Gasteiger partial charge is 0.337 e. The molecule has 8 nitrogen and oxygen atoms in total. The van der Waals surface area contributed by atoms with E-state index in [0.717, 1.165) is 34.1 Å². The summed E-state index contributed by atoms with van der Waals surface area (Å²) in [5, 5.41) is 1.08. The summed E-state index contributed by atoms with van der Waals surface area (Å²) in [5.41, 5.74) is 2.25. The van der Waals surface area contributed by atoms with Gasteiger partial charge in [0.1, 0.15) is 5.69 Å². The molecule has 1 saturated heterocycles. The number of aromatic nitrogens is 4. The fourth-order valence-electron chi connectivity index (χ4n) is 4.39. The van der Waals surface area contributed by atoms with E-state index in [9.17, 15) is 14.4 Å². The van der Waals surface area contributed by atoms with Gasteiger partial charge in [0.05, 0.1) is 0 Å². The van der Waals surface area contributed by atoms with Crippen LogP contribution in [0.25, 0.3) is 11.0 Å². The minimum atomic E-state index is -0.497. The fourth-order valence-corrected chi connectivity index (χ4v) is 4.39. The van der Waals surface area contributed by atoms with Gasteiger partial charge in [-0.15, -0.1) is 0 Å². The first-order chi connectivity index (χ1) is 14.9. The zero-order chi connectivity index (χ0) is 21.7. The molecule has 3 aromatic rings. The minimum Gasteiger partial charge on any atom is -0.337 e. The standard InChI is InChI=1S/C23H25N5O3/c1-26-19(12-20(29)27(2)23(26)31)22(30)28-9-7-15(8-10-28)18-6-5-16-11-17(14-3-4-14)13-24-21(16)25-18/h5-6,11-15H,3-4,7-10H2,1-2H3. The maximum Gasteiger partial charge on any atom is 0.331 e. The molecular formula is C23H25N5O3. The van der Waals surface area contributed by atoms with Gasteiger partial charge in [0.2, 0.25) is 0 Å². The maximum absolute atomic E-state index is 12.9. The SMILES string of the molecule is Cn1c(C(=O)N2CCC(c3ccc4cc(C5CC5)cnc4n3)CC2)cc(=O)n(C)c1=O. The summed E-state index contributed by atoms with van der Waals surface area (Å²) < 4.78 is 2.23. The summed E-state index contributed by atoms with van der Waals surface area (Å²) in [5.74, 6) is 0.644. The fraction of sp³-hybridized carbons (Fsp3) is 0.435. The van der Waals surface area contributed by atoms with Gasteiger partial charge in [-0.2, -0.15) is 0 Å². The van der Waals surface area contributed by atoms with Gasteiger partial charge in [0.15, 0.2) is 5.65 Å². The van der Waals surface area contributed by atoms with Gasteiger partial charge >= 0.3 is 5.69 Å². The van der Waals surface area contributed by atoms with Crippen molar-refractivity contribution >= 4 is 16.9 Å². The molecule has 3 aromatic heterocycles. The Morgan fingerprint density at radius 2 is 1.71 bits per heavy atom. The van der Waals surface area contributed by atoms with Crippen LogP contribution in [-0.4, -0.2) is 43.0 Å². The van der Waals surface area contributed by atoms with Crippen LogP contribution in [0.5, 0.6) is 0 Å². The Balaban J connectivity index is 1.31. The van der Waals surface area contributed by atoms with E-state index in [4.69, 9.17) is 4.98 Å². The first kappa shape index (κ1) is 19.7. The second-order valence-electron chi connectivity index (χ2n) is 8.66. The van der Waals surface area contributed by atoms with Crippen LogP contribution in [0.2, 0.25) is 0 Å². The highest BCUT2D eigenvalue weighted by atomic mass is 16.2. The predicted octanol–water partition coefficient (Wildman–Crippen LogP) is 1.92. The molecule has 4 heterocycles. The third kappa shape index (κ3) is 3.56.